The lowest BCUT2D eigenvalue weighted by Gasteiger charge is -1.96. The zero-order chi connectivity index (χ0) is 10.1. The van der Waals surface area contributed by atoms with E-state index in [4.69, 9.17) is 15.0 Å². The number of carboxylic acid groups (broad SMARTS) is 1. The predicted octanol–water partition coefficient (Wildman–Crippen LogP) is -0.281. The fraction of sp³-hybridized carbons (Fsp3) is 0.429. The van der Waals surface area contributed by atoms with Gasteiger partial charge in [-0.1, -0.05) is 6.58 Å². The zero-order valence-electron chi connectivity index (χ0n) is 7.13. The van der Waals surface area contributed by atoms with Crippen molar-refractivity contribution < 1.29 is 19.8 Å². The van der Waals surface area contributed by atoms with E-state index in [1.54, 1.807) is 6.92 Å². The van der Waals surface area contributed by atoms with E-state index < -0.39 is 5.97 Å². The summed E-state index contributed by atoms with van der Waals surface area (Å²) in [4.78, 5) is 19.4. The Morgan fingerprint density at radius 3 is 1.83 bits per heavy atom. The third-order valence-electron chi connectivity index (χ3n) is 0.627. The third kappa shape index (κ3) is 15.9. The Labute approximate surface area is 70.7 Å². The topological polar surface area (TPSA) is 86.6 Å². The summed E-state index contributed by atoms with van der Waals surface area (Å²) >= 11 is 0. The van der Waals surface area contributed by atoms with E-state index in [0.717, 1.165) is 6.92 Å². The smallest absolute Gasteiger partial charge is 0.300 e. The number of hydrogen-bond donors (Lipinski definition) is 3. The molecule has 0 spiro atoms. The van der Waals surface area contributed by atoms with Crippen molar-refractivity contribution in [3.63, 3.8) is 0 Å². The Kier molecular flexibility index (Phi) is 8.55. The van der Waals surface area contributed by atoms with Gasteiger partial charge in [0, 0.05) is 12.5 Å². The lowest BCUT2D eigenvalue weighted by atomic mass is 10.3. The van der Waals surface area contributed by atoms with Crippen LogP contribution in [0.4, 0.5) is 0 Å². The monoisotopic (exact) mass is 175 g/mol. The van der Waals surface area contributed by atoms with Crippen LogP contribution < -0.4 is 5.32 Å². The molecule has 0 heterocycles. The van der Waals surface area contributed by atoms with E-state index in [2.05, 4.69) is 11.9 Å². The lowest BCUT2D eigenvalue weighted by Crippen LogP contribution is -2.24. The van der Waals surface area contributed by atoms with E-state index in [1.807, 2.05) is 0 Å². The number of carbonyl (C=O) groups is 2. The van der Waals surface area contributed by atoms with Crippen LogP contribution in [0.5, 0.6) is 0 Å². The van der Waals surface area contributed by atoms with Gasteiger partial charge in [-0.2, -0.15) is 0 Å². The highest BCUT2D eigenvalue weighted by molar-refractivity contribution is 5.91. The molecule has 5 nitrogen and oxygen atoms in total. The zero-order valence-corrected chi connectivity index (χ0v) is 7.13. The van der Waals surface area contributed by atoms with Crippen molar-refractivity contribution in [3.8, 4) is 0 Å². The largest absolute Gasteiger partial charge is 0.481 e. The van der Waals surface area contributed by atoms with Gasteiger partial charge in [0.2, 0.25) is 5.91 Å². The number of rotatable bonds is 2. The summed E-state index contributed by atoms with van der Waals surface area (Å²) in [5, 5.41) is 17.7. The lowest BCUT2D eigenvalue weighted by molar-refractivity contribution is -0.134. The molecule has 0 aromatic carbocycles. The molecule has 0 fully saturated rings. The quantitative estimate of drug-likeness (QED) is 0.398. The highest BCUT2D eigenvalue weighted by Gasteiger charge is 1.95. The average molecular weight is 175 g/mol. The van der Waals surface area contributed by atoms with Crippen LogP contribution in [0.15, 0.2) is 12.2 Å². The summed E-state index contributed by atoms with van der Waals surface area (Å²) < 4.78 is 0. The first-order valence-corrected chi connectivity index (χ1v) is 3.16. The molecule has 0 aliphatic rings. The maximum absolute atomic E-state index is 10.4. The van der Waals surface area contributed by atoms with Crippen molar-refractivity contribution in [3.05, 3.63) is 12.2 Å². The highest BCUT2D eigenvalue weighted by Crippen LogP contribution is 1.82. The number of aliphatic hydroxyl groups is 1. The summed E-state index contributed by atoms with van der Waals surface area (Å²) in [7, 11) is 0. The molecular weight excluding hydrogens is 162 g/mol. The summed E-state index contributed by atoms with van der Waals surface area (Å²) in [6.07, 6.45) is 0. The molecule has 1 amide bonds. The van der Waals surface area contributed by atoms with E-state index in [9.17, 15) is 4.79 Å². The number of aliphatic carboxylic acids is 1. The maximum Gasteiger partial charge on any atom is 0.300 e. The van der Waals surface area contributed by atoms with Crippen LogP contribution >= 0.6 is 0 Å². The minimum absolute atomic E-state index is 0.312. The molecule has 0 radical (unpaired) electrons. The molecule has 0 aromatic heterocycles. The number of carboxylic acids is 1. The Balaban J connectivity index is 0. The van der Waals surface area contributed by atoms with Crippen molar-refractivity contribution in [2.45, 2.75) is 13.8 Å². The van der Waals surface area contributed by atoms with E-state index in [1.165, 1.54) is 0 Å². The van der Waals surface area contributed by atoms with Gasteiger partial charge in [-0.05, 0) is 6.92 Å². The summed E-state index contributed by atoms with van der Waals surface area (Å²) in [6, 6.07) is 0. The number of nitrogens with one attached hydrogen (secondary N) is 1. The maximum atomic E-state index is 10.4. The molecule has 5 heteroatoms. The van der Waals surface area contributed by atoms with Crippen LogP contribution in [0.2, 0.25) is 0 Å². The van der Waals surface area contributed by atoms with Crippen LogP contribution in [-0.4, -0.2) is 28.8 Å². The predicted molar refractivity (Wildman–Crippen MR) is 43.4 cm³/mol. The van der Waals surface area contributed by atoms with Gasteiger partial charge in [0.15, 0.2) is 0 Å². The molecule has 70 valence electrons. The minimum atomic E-state index is -0.833. The minimum Gasteiger partial charge on any atom is -0.481 e. The van der Waals surface area contributed by atoms with Gasteiger partial charge in [0.05, 0.1) is 0 Å². The van der Waals surface area contributed by atoms with E-state index in [0.29, 0.717) is 5.57 Å². The third-order valence-corrected chi connectivity index (χ3v) is 0.627. The SMILES string of the molecule is C=C(C)C(=O)NCO.CC(=O)O. The standard InChI is InChI=1S/C5H9NO2.C2H4O2/c1-4(2)5(8)6-3-7;1-2(3)4/h7H,1,3H2,2H3,(H,6,8);1H3,(H,3,4). The van der Waals surface area contributed by atoms with E-state index >= 15 is 0 Å². The Morgan fingerprint density at radius 1 is 1.42 bits per heavy atom. The van der Waals surface area contributed by atoms with Crippen molar-refractivity contribution in [2.24, 2.45) is 0 Å². The second-order valence-electron chi connectivity index (χ2n) is 1.96. The number of carbonyl (C=O) groups excluding carboxylic acids is 1. The van der Waals surface area contributed by atoms with E-state index in [-0.39, 0.29) is 12.6 Å². The molecular formula is C7H13NO4. The van der Waals surface area contributed by atoms with Gasteiger partial charge < -0.3 is 15.5 Å². The highest BCUT2D eigenvalue weighted by atomic mass is 16.4. The first kappa shape index (κ1) is 13.2. The molecule has 0 unspecified atom stereocenters. The van der Waals surface area contributed by atoms with Crippen molar-refractivity contribution in [1.29, 1.82) is 0 Å². The normalized spacial score (nSPS) is 7.58. The number of hydrogen-bond acceptors (Lipinski definition) is 3. The molecule has 0 saturated heterocycles. The second kappa shape index (κ2) is 7.74. The second-order valence-corrected chi connectivity index (χ2v) is 1.96. The average Bonchev–Trinajstić information content (AvgIpc) is 1.86. The van der Waals surface area contributed by atoms with Crippen molar-refractivity contribution >= 4 is 11.9 Å². The fourth-order valence-corrected chi connectivity index (χ4v) is 0.223. The molecule has 0 aromatic rings. The first-order chi connectivity index (χ1) is 5.41. The van der Waals surface area contributed by atoms with Gasteiger partial charge in [0.1, 0.15) is 6.73 Å². The van der Waals surface area contributed by atoms with Gasteiger partial charge in [-0.25, -0.2) is 0 Å². The van der Waals surface area contributed by atoms with Crippen LogP contribution in [-0.2, 0) is 9.59 Å². The molecule has 0 aliphatic heterocycles. The molecule has 0 saturated carbocycles. The van der Waals surface area contributed by atoms with Crippen LogP contribution in [0, 0.1) is 0 Å². The number of amides is 1. The summed E-state index contributed by atoms with van der Waals surface area (Å²) in [6.45, 7) is 5.68. The molecule has 0 aliphatic carbocycles. The Bertz CT molecular complexity index is 172. The number of aliphatic hydroxyl groups excluding tert-OH is 1. The molecule has 0 bridgehead atoms. The molecule has 0 rings (SSSR count). The van der Waals surface area contributed by atoms with Gasteiger partial charge in [0.25, 0.3) is 5.97 Å². The van der Waals surface area contributed by atoms with Gasteiger partial charge >= 0.3 is 0 Å². The molecule has 12 heavy (non-hydrogen) atoms. The van der Waals surface area contributed by atoms with Crippen molar-refractivity contribution in [1.82, 2.24) is 5.32 Å². The van der Waals surface area contributed by atoms with Gasteiger partial charge in [-0.3, -0.25) is 9.59 Å². The van der Waals surface area contributed by atoms with Crippen LogP contribution in [0.1, 0.15) is 13.8 Å². The fourth-order valence-electron chi connectivity index (χ4n) is 0.223. The molecule has 0 atom stereocenters. The first-order valence-electron chi connectivity index (χ1n) is 3.16. The molecule has 3 N–H and O–H groups in total. The Morgan fingerprint density at radius 2 is 1.75 bits per heavy atom. The van der Waals surface area contributed by atoms with Gasteiger partial charge in [-0.15, -0.1) is 0 Å². The summed E-state index contributed by atoms with van der Waals surface area (Å²) in [5.74, 6) is -1.15. The van der Waals surface area contributed by atoms with Crippen LogP contribution in [0.25, 0.3) is 0 Å². The van der Waals surface area contributed by atoms with Crippen molar-refractivity contribution in [2.75, 3.05) is 6.73 Å². The van der Waals surface area contributed by atoms with Crippen LogP contribution in [0.3, 0.4) is 0 Å². The summed E-state index contributed by atoms with van der Waals surface area (Å²) in [5.41, 5.74) is 0.402. The Hall–Kier alpha value is -1.36.